The first-order valence-electron chi connectivity index (χ1n) is 5.22. The molecule has 4 nitrogen and oxygen atoms in total. The van der Waals surface area contributed by atoms with E-state index < -0.39 is 0 Å². The van der Waals surface area contributed by atoms with Crippen LogP contribution in [0.2, 0.25) is 0 Å². The summed E-state index contributed by atoms with van der Waals surface area (Å²) in [5.41, 5.74) is 1.08. The predicted molar refractivity (Wildman–Crippen MR) is 58.4 cm³/mol. The van der Waals surface area contributed by atoms with Gasteiger partial charge in [0.15, 0.2) is 0 Å². The van der Waals surface area contributed by atoms with E-state index in [-0.39, 0.29) is 24.0 Å². The molecule has 0 aliphatic carbocycles. The van der Waals surface area contributed by atoms with Crippen LogP contribution in [0, 0.1) is 6.92 Å². The first-order chi connectivity index (χ1) is 7.65. The zero-order chi connectivity index (χ0) is 11.3. The third kappa shape index (κ3) is 1.35. The molecule has 2 saturated heterocycles. The van der Waals surface area contributed by atoms with Gasteiger partial charge in [-0.3, -0.25) is 4.79 Å². The minimum Gasteiger partial charge on any atom is -0.459 e. The smallest absolute Gasteiger partial charge is 0.329 e. The van der Waals surface area contributed by atoms with Crippen LogP contribution in [0.25, 0.3) is 0 Å². The van der Waals surface area contributed by atoms with Gasteiger partial charge in [0.05, 0.1) is 11.4 Å². The number of fused-ring (bicyclic) bond motifs is 2. The summed E-state index contributed by atoms with van der Waals surface area (Å²) in [6, 6.07) is 1.52. The normalized spacial score (nSPS) is 27.3. The monoisotopic (exact) mass is 237 g/mol. The summed E-state index contributed by atoms with van der Waals surface area (Å²) in [6.07, 6.45) is 0.581. The Hall–Kier alpha value is -1.36. The Bertz CT molecular complexity index is 468. The van der Waals surface area contributed by atoms with Crippen LogP contribution in [-0.4, -0.2) is 35.5 Å². The number of aryl methyl sites for hydroxylation is 1. The number of hydrogen-bond donors (Lipinski definition) is 0. The SMILES string of the molecule is Cc1csc(C(=O)N2C[C@H]3C[C@@H]2C(=O)O3)c1. The summed E-state index contributed by atoms with van der Waals surface area (Å²) in [5.74, 6) is -0.292. The lowest BCUT2D eigenvalue weighted by atomic mass is 10.2. The molecule has 84 valence electrons. The largest absolute Gasteiger partial charge is 0.459 e. The van der Waals surface area contributed by atoms with Crippen LogP contribution in [-0.2, 0) is 9.53 Å². The van der Waals surface area contributed by atoms with Gasteiger partial charge in [-0.05, 0) is 23.9 Å². The van der Waals surface area contributed by atoms with E-state index in [0.29, 0.717) is 17.8 Å². The number of rotatable bonds is 1. The molecule has 3 heterocycles. The fraction of sp³-hybridized carbons (Fsp3) is 0.455. The Kier molecular flexibility index (Phi) is 2.04. The molecule has 2 aliphatic heterocycles. The molecule has 1 aromatic rings. The molecular formula is C11H11NO3S. The van der Waals surface area contributed by atoms with Crippen LogP contribution < -0.4 is 0 Å². The second-order valence-electron chi connectivity index (χ2n) is 4.26. The highest BCUT2D eigenvalue weighted by atomic mass is 32.1. The minimum absolute atomic E-state index is 0.0396. The average molecular weight is 237 g/mol. The van der Waals surface area contributed by atoms with Gasteiger partial charge in [-0.2, -0.15) is 0 Å². The van der Waals surface area contributed by atoms with E-state index in [9.17, 15) is 9.59 Å². The fourth-order valence-corrected chi connectivity index (χ4v) is 3.11. The molecule has 0 N–H and O–H groups in total. The molecule has 1 amide bonds. The number of nitrogens with zero attached hydrogens (tertiary/aromatic N) is 1. The van der Waals surface area contributed by atoms with Crippen LogP contribution in [0.3, 0.4) is 0 Å². The number of likely N-dealkylation sites (tertiary alicyclic amines) is 1. The summed E-state index contributed by atoms with van der Waals surface area (Å²) >= 11 is 1.43. The van der Waals surface area contributed by atoms with Crippen LogP contribution in [0.5, 0.6) is 0 Å². The van der Waals surface area contributed by atoms with Crippen LogP contribution in [0.1, 0.15) is 21.7 Å². The number of carbonyl (C=O) groups is 2. The molecule has 0 spiro atoms. The molecule has 2 atom stereocenters. The number of esters is 1. The standard InChI is InChI=1S/C11H11NO3S/c1-6-2-9(16-5-6)10(13)12-4-7-3-8(12)11(14)15-7/h2,5,7-8H,3-4H2,1H3/t7-,8-/m1/s1. The molecule has 0 saturated carbocycles. The van der Waals surface area contributed by atoms with E-state index in [4.69, 9.17) is 4.74 Å². The molecule has 16 heavy (non-hydrogen) atoms. The van der Waals surface area contributed by atoms with E-state index in [1.54, 1.807) is 4.90 Å². The Morgan fingerprint density at radius 3 is 3.00 bits per heavy atom. The van der Waals surface area contributed by atoms with Gasteiger partial charge in [0.1, 0.15) is 12.1 Å². The van der Waals surface area contributed by atoms with Gasteiger partial charge in [-0.25, -0.2) is 4.79 Å². The summed E-state index contributed by atoms with van der Waals surface area (Å²) in [6.45, 7) is 2.50. The van der Waals surface area contributed by atoms with E-state index in [1.165, 1.54) is 11.3 Å². The number of thiophene rings is 1. The van der Waals surface area contributed by atoms with Crippen LogP contribution >= 0.6 is 11.3 Å². The molecule has 3 rings (SSSR count). The van der Waals surface area contributed by atoms with Gasteiger partial charge in [0.25, 0.3) is 5.91 Å². The van der Waals surface area contributed by atoms with Crippen molar-refractivity contribution in [3.63, 3.8) is 0 Å². The minimum atomic E-state index is -0.347. The lowest BCUT2D eigenvalue weighted by Crippen LogP contribution is -2.44. The van der Waals surface area contributed by atoms with E-state index in [0.717, 1.165) is 5.56 Å². The molecule has 1 aromatic heterocycles. The number of hydrogen-bond acceptors (Lipinski definition) is 4. The summed E-state index contributed by atoms with van der Waals surface area (Å²) < 4.78 is 5.05. The molecular weight excluding hydrogens is 226 g/mol. The molecule has 0 unspecified atom stereocenters. The third-order valence-electron chi connectivity index (χ3n) is 3.02. The molecule has 0 radical (unpaired) electrons. The van der Waals surface area contributed by atoms with Gasteiger partial charge in [-0.1, -0.05) is 0 Å². The summed E-state index contributed by atoms with van der Waals surface area (Å²) in [4.78, 5) is 25.8. The van der Waals surface area contributed by atoms with Crippen molar-refractivity contribution in [1.29, 1.82) is 0 Å². The number of ether oxygens (including phenoxy) is 1. The highest BCUT2D eigenvalue weighted by molar-refractivity contribution is 7.12. The van der Waals surface area contributed by atoms with Crippen molar-refractivity contribution in [1.82, 2.24) is 4.90 Å². The zero-order valence-corrected chi connectivity index (χ0v) is 9.62. The lowest BCUT2D eigenvalue weighted by molar-refractivity contribution is -0.149. The average Bonchev–Trinajstić information content (AvgIpc) is 2.90. The number of amides is 1. The summed E-state index contributed by atoms with van der Waals surface area (Å²) in [5, 5.41) is 1.94. The van der Waals surface area contributed by atoms with Crippen molar-refractivity contribution < 1.29 is 14.3 Å². The molecule has 2 bridgehead atoms. The predicted octanol–water partition coefficient (Wildman–Crippen LogP) is 1.20. The first-order valence-corrected chi connectivity index (χ1v) is 6.10. The number of morpholine rings is 1. The Labute approximate surface area is 96.8 Å². The lowest BCUT2D eigenvalue weighted by Gasteiger charge is -2.25. The Morgan fingerprint density at radius 1 is 1.62 bits per heavy atom. The maximum Gasteiger partial charge on any atom is 0.329 e. The highest BCUT2D eigenvalue weighted by Crippen LogP contribution is 2.31. The first kappa shape index (κ1) is 9.84. The van der Waals surface area contributed by atoms with Crippen molar-refractivity contribution in [2.75, 3.05) is 6.54 Å². The topological polar surface area (TPSA) is 46.6 Å². The number of carbonyl (C=O) groups excluding carboxylic acids is 2. The van der Waals surface area contributed by atoms with Crippen molar-refractivity contribution in [3.05, 3.63) is 21.9 Å². The van der Waals surface area contributed by atoms with E-state index in [2.05, 4.69) is 0 Å². The van der Waals surface area contributed by atoms with Gasteiger partial charge >= 0.3 is 5.97 Å². The second-order valence-corrected chi connectivity index (χ2v) is 5.17. The Balaban J connectivity index is 1.84. The highest BCUT2D eigenvalue weighted by Gasteiger charge is 2.48. The molecule has 0 aromatic carbocycles. The van der Waals surface area contributed by atoms with E-state index >= 15 is 0 Å². The maximum atomic E-state index is 12.1. The van der Waals surface area contributed by atoms with Crippen LogP contribution in [0.4, 0.5) is 0 Å². The van der Waals surface area contributed by atoms with Crippen LogP contribution in [0.15, 0.2) is 11.4 Å². The van der Waals surface area contributed by atoms with Gasteiger partial charge < -0.3 is 9.64 Å². The van der Waals surface area contributed by atoms with E-state index in [1.807, 2.05) is 18.4 Å². The van der Waals surface area contributed by atoms with Crippen molar-refractivity contribution in [3.8, 4) is 0 Å². The van der Waals surface area contributed by atoms with Gasteiger partial charge in [0, 0.05) is 6.42 Å². The molecule has 2 fully saturated rings. The van der Waals surface area contributed by atoms with Gasteiger partial charge in [0.2, 0.25) is 0 Å². The van der Waals surface area contributed by atoms with Crippen molar-refractivity contribution in [2.24, 2.45) is 0 Å². The maximum absolute atomic E-state index is 12.1. The summed E-state index contributed by atoms with van der Waals surface area (Å²) in [7, 11) is 0. The third-order valence-corrected chi connectivity index (χ3v) is 4.06. The van der Waals surface area contributed by atoms with Crippen molar-refractivity contribution in [2.45, 2.75) is 25.5 Å². The second kappa shape index (κ2) is 3.31. The molecule has 5 heteroatoms. The zero-order valence-electron chi connectivity index (χ0n) is 8.80. The fourth-order valence-electron chi connectivity index (χ4n) is 2.26. The quantitative estimate of drug-likeness (QED) is 0.689. The Morgan fingerprint density at radius 2 is 2.44 bits per heavy atom. The van der Waals surface area contributed by atoms with Crippen molar-refractivity contribution >= 4 is 23.2 Å². The van der Waals surface area contributed by atoms with Gasteiger partial charge in [-0.15, -0.1) is 11.3 Å². The molecule has 2 aliphatic rings.